The molecular weight excluding hydrogens is 486 g/mol. The highest BCUT2D eigenvalue weighted by molar-refractivity contribution is 5.95. The SMILES string of the molecule is CCC(C)C(NC(=O)C(N)CC(C)C)C(=O)NC(Cc1c[nH]c2ccccc12)C(=O)NC(C(=O)O)C(C)C. The fourth-order valence-corrected chi connectivity index (χ4v) is 4.34. The Balaban J connectivity index is 2.34. The van der Waals surface area contributed by atoms with Crippen LogP contribution in [-0.2, 0) is 25.6 Å². The van der Waals surface area contributed by atoms with Gasteiger partial charge in [0.05, 0.1) is 6.04 Å². The summed E-state index contributed by atoms with van der Waals surface area (Å²) in [6.45, 7) is 11.1. The van der Waals surface area contributed by atoms with Gasteiger partial charge >= 0.3 is 5.97 Å². The molecule has 0 saturated heterocycles. The largest absolute Gasteiger partial charge is 0.480 e. The van der Waals surface area contributed by atoms with Gasteiger partial charge in [-0.2, -0.15) is 0 Å². The fourth-order valence-electron chi connectivity index (χ4n) is 4.34. The second-order valence-electron chi connectivity index (χ2n) is 10.8. The number of fused-ring (bicyclic) bond motifs is 1. The molecule has 10 heteroatoms. The lowest BCUT2D eigenvalue weighted by Crippen LogP contribution is -2.59. The summed E-state index contributed by atoms with van der Waals surface area (Å²) in [7, 11) is 0. The number of aromatic nitrogens is 1. The summed E-state index contributed by atoms with van der Waals surface area (Å²) in [5.74, 6) is -3.12. The number of para-hydroxylation sites is 1. The Morgan fingerprint density at radius 3 is 2.13 bits per heavy atom. The van der Waals surface area contributed by atoms with Crippen LogP contribution in [0.2, 0.25) is 0 Å². The molecule has 2 rings (SSSR count). The minimum Gasteiger partial charge on any atom is -0.480 e. The van der Waals surface area contributed by atoms with Crippen molar-refractivity contribution in [2.45, 2.75) is 85.0 Å². The molecule has 2 aromatic rings. The maximum absolute atomic E-state index is 13.5. The van der Waals surface area contributed by atoms with Crippen LogP contribution in [0.15, 0.2) is 30.5 Å². The highest BCUT2D eigenvalue weighted by Gasteiger charge is 2.33. The molecule has 10 nitrogen and oxygen atoms in total. The first-order chi connectivity index (χ1) is 17.8. The molecule has 7 N–H and O–H groups in total. The first-order valence-electron chi connectivity index (χ1n) is 13.3. The summed E-state index contributed by atoms with van der Waals surface area (Å²) in [5.41, 5.74) is 7.71. The van der Waals surface area contributed by atoms with Crippen molar-refractivity contribution in [1.29, 1.82) is 0 Å². The van der Waals surface area contributed by atoms with Crippen LogP contribution in [0.1, 0.15) is 59.9 Å². The zero-order chi connectivity index (χ0) is 28.6. The van der Waals surface area contributed by atoms with Crippen molar-refractivity contribution in [2.75, 3.05) is 0 Å². The molecule has 1 aromatic carbocycles. The molecule has 0 radical (unpaired) electrons. The van der Waals surface area contributed by atoms with Crippen LogP contribution in [0.3, 0.4) is 0 Å². The maximum Gasteiger partial charge on any atom is 0.326 e. The number of aromatic amines is 1. The molecule has 0 aliphatic carbocycles. The number of nitrogens with one attached hydrogen (secondary N) is 4. The predicted molar refractivity (Wildman–Crippen MR) is 147 cm³/mol. The van der Waals surface area contributed by atoms with Crippen LogP contribution in [0.5, 0.6) is 0 Å². The third kappa shape index (κ3) is 8.31. The van der Waals surface area contributed by atoms with Crippen LogP contribution in [0.4, 0.5) is 0 Å². The van der Waals surface area contributed by atoms with Gasteiger partial charge in [0, 0.05) is 23.5 Å². The van der Waals surface area contributed by atoms with E-state index < -0.39 is 47.9 Å². The number of H-pyrrole nitrogens is 1. The number of aliphatic carboxylic acids is 1. The lowest BCUT2D eigenvalue weighted by molar-refractivity contribution is -0.143. The lowest BCUT2D eigenvalue weighted by atomic mass is 9.96. The quantitative estimate of drug-likeness (QED) is 0.220. The topological polar surface area (TPSA) is 166 Å². The Morgan fingerprint density at radius 1 is 0.921 bits per heavy atom. The van der Waals surface area contributed by atoms with Gasteiger partial charge in [-0.1, -0.05) is 66.2 Å². The highest BCUT2D eigenvalue weighted by atomic mass is 16.4. The standard InChI is InChI=1S/C28H43N5O5/c1-7-17(6)24(33-25(34)20(29)12-15(2)3)27(36)31-22(26(35)32-23(16(4)5)28(37)38)13-18-14-30-21-11-9-8-10-19(18)21/h8-11,14-17,20,22-24,30H,7,12-13,29H2,1-6H3,(H,31,36)(H,32,35)(H,33,34)(H,37,38). The van der Waals surface area contributed by atoms with Gasteiger partial charge in [0.25, 0.3) is 0 Å². The number of carboxylic acid groups (broad SMARTS) is 1. The molecule has 5 unspecified atom stereocenters. The third-order valence-electron chi connectivity index (χ3n) is 6.82. The fraction of sp³-hybridized carbons (Fsp3) is 0.571. The third-order valence-corrected chi connectivity index (χ3v) is 6.82. The van der Waals surface area contributed by atoms with Crippen molar-refractivity contribution < 1.29 is 24.3 Å². The zero-order valence-electron chi connectivity index (χ0n) is 23.2. The summed E-state index contributed by atoms with van der Waals surface area (Å²) in [4.78, 5) is 54.5. The number of amides is 3. The van der Waals surface area contributed by atoms with E-state index in [0.717, 1.165) is 16.5 Å². The molecule has 0 bridgehead atoms. The first kappa shape index (κ1) is 30.8. The van der Waals surface area contributed by atoms with Crippen molar-refractivity contribution in [1.82, 2.24) is 20.9 Å². The lowest BCUT2D eigenvalue weighted by Gasteiger charge is -2.28. The molecule has 0 saturated carbocycles. The Bertz CT molecular complexity index is 1110. The van der Waals surface area contributed by atoms with Gasteiger partial charge in [-0.05, 0) is 35.8 Å². The number of hydrogen-bond acceptors (Lipinski definition) is 5. The Hall–Kier alpha value is -3.40. The molecule has 0 aliphatic heterocycles. The van der Waals surface area contributed by atoms with E-state index >= 15 is 0 Å². The number of carbonyl (C=O) groups excluding carboxylic acids is 3. The van der Waals surface area contributed by atoms with E-state index in [-0.39, 0.29) is 24.2 Å². The average molecular weight is 530 g/mol. The van der Waals surface area contributed by atoms with Crippen molar-refractivity contribution in [3.63, 3.8) is 0 Å². The van der Waals surface area contributed by atoms with Gasteiger partial charge in [-0.25, -0.2) is 4.79 Å². The Kier molecular flexibility index (Phi) is 11.3. The molecule has 38 heavy (non-hydrogen) atoms. The number of carbonyl (C=O) groups is 4. The van der Waals surface area contributed by atoms with Crippen molar-refractivity contribution >= 4 is 34.6 Å². The van der Waals surface area contributed by atoms with Crippen LogP contribution in [-0.4, -0.2) is 57.9 Å². The van der Waals surface area contributed by atoms with E-state index in [0.29, 0.717) is 12.8 Å². The molecule has 210 valence electrons. The number of carboxylic acids is 1. The van der Waals surface area contributed by atoms with E-state index in [2.05, 4.69) is 20.9 Å². The van der Waals surface area contributed by atoms with Gasteiger partial charge in [0.2, 0.25) is 17.7 Å². The average Bonchev–Trinajstić information content (AvgIpc) is 3.26. The molecule has 5 atom stereocenters. The molecular formula is C28H43N5O5. The molecule has 3 amide bonds. The number of rotatable bonds is 14. The van der Waals surface area contributed by atoms with Crippen molar-refractivity contribution in [2.24, 2.45) is 23.5 Å². The van der Waals surface area contributed by atoms with Crippen molar-refractivity contribution in [3.8, 4) is 0 Å². The van der Waals surface area contributed by atoms with E-state index in [1.807, 2.05) is 52.0 Å². The number of nitrogens with two attached hydrogens (primary N) is 1. The smallest absolute Gasteiger partial charge is 0.326 e. The van der Waals surface area contributed by atoms with Gasteiger partial charge < -0.3 is 31.8 Å². The molecule has 1 heterocycles. The predicted octanol–water partition coefficient (Wildman–Crippen LogP) is 2.32. The van der Waals surface area contributed by atoms with Crippen LogP contribution in [0.25, 0.3) is 10.9 Å². The summed E-state index contributed by atoms with van der Waals surface area (Å²) < 4.78 is 0. The molecule has 0 fully saturated rings. The van der Waals surface area contributed by atoms with E-state index in [1.165, 1.54) is 0 Å². The molecule has 0 aliphatic rings. The summed E-state index contributed by atoms with van der Waals surface area (Å²) >= 11 is 0. The first-order valence-corrected chi connectivity index (χ1v) is 13.3. The van der Waals surface area contributed by atoms with Crippen LogP contribution in [0, 0.1) is 17.8 Å². The van der Waals surface area contributed by atoms with Gasteiger partial charge in [-0.3, -0.25) is 14.4 Å². The van der Waals surface area contributed by atoms with Crippen molar-refractivity contribution in [3.05, 3.63) is 36.0 Å². The normalized spacial score (nSPS) is 15.5. The van der Waals surface area contributed by atoms with Crippen LogP contribution < -0.4 is 21.7 Å². The maximum atomic E-state index is 13.5. The highest BCUT2D eigenvalue weighted by Crippen LogP contribution is 2.20. The number of hydrogen-bond donors (Lipinski definition) is 6. The van der Waals surface area contributed by atoms with Gasteiger partial charge in [0.1, 0.15) is 18.1 Å². The molecule has 0 spiro atoms. The summed E-state index contributed by atoms with van der Waals surface area (Å²) in [5, 5.41) is 18.6. The monoisotopic (exact) mass is 529 g/mol. The van der Waals surface area contributed by atoms with E-state index in [9.17, 15) is 24.3 Å². The van der Waals surface area contributed by atoms with E-state index in [4.69, 9.17) is 5.73 Å². The Labute approximate surface area is 224 Å². The second-order valence-corrected chi connectivity index (χ2v) is 10.8. The van der Waals surface area contributed by atoms with Gasteiger partial charge in [-0.15, -0.1) is 0 Å². The van der Waals surface area contributed by atoms with Gasteiger partial charge in [0.15, 0.2) is 0 Å². The second kappa shape index (κ2) is 13.9. The van der Waals surface area contributed by atoms with E-state index in [1.54, 1.807) is 20.0 Å². The van der Waals surface area contributed by atoms with Crippen LogP contribution >= 0.6 is 0 Å². The number of benzene rings is 1. The summed E-state index contributed by atoms with van der Waals surface area (Å²) in [6, 6.07) is 3.70. The molecule has 1 aromatic heterocycles. The minimum absolute atomic E-state index is 0.125. The summed E-state index contributed by atoms with van der Waals surface area (Å²) in [6.07, 6.45) is 2.97. The minimum atomic E-state index is -1.16. The Morgan fingerprint density at radius 2 is 1.55 bits per heavy atom. The zero-order valence-corrected chi connectivity index (χ0v) is 23.2.